The number of benzene rings is 7. The van der Waals surface area contributed by atoms with Crippen LogP contribution in [0.15, 0.2) is 206 Å². The van der Waals surface area contributed by atoms with Crippen molar-refractivity contribution in [2.24, 2.45) is 0 Å². The fourth-order valence-corrected chi connectivity index (χ4v) is 10.7. The summed E-state index contributed by atoms with van der Waals surface area (Å²) in [6, 6.07) is 61.1. The molecule has 0 fully saturated rings. The predicted molar refractivity (Wildman–Crippen MR) is 258 cm³/mol. The molecule has 296 valence electrons. The van der Waals surface area contributed by atoms with Crippen molar-refractivity contribution in [1.82, 2.24) is 0 Å². The molecule has 1 nitrogen and oxygen atoms in total. The average Bonchev–Trinajstić information content (AvgIpc) is 3.69. The standard InChI is InChI=1S/C60H51N/c1-59(2)55-16-10-8-14-51(55)53-36-28-46(38-57(53)59)44-24-32-49(33-25-44)61(48-30-22-43(23-31-48)42-20-18-41(19-21-42)40-12-6-5-7-13-40)50-34-26-45(27-35-50)47-29-37-54-52-15-9-11-17-56(52)60(3,4)58(54)39-47/h5-22,24-26,28-30,32-39,45H,23,27,31H2,1-4H3. The van der Waals surface area contributed by atoms with E-state index in [0.29, 0.717) is 5.92 Å². The van der Waals surface area contributed by atoms with Gasteiger partial charge in [0.25, 0.3) is 0 Å². The Morgan fingerprint density at radius 2 is 1.00 bits per heavy atom. The molecule has 0 radical (unpaired) electrons. The highest BCUT2D eigenvalue weighted by molar-refractivity contribution is 5.84. The highest BCUT2D eigenvalue weighted by atomic mass is 15.2. The van der Waals surface area contributed by atoms with E-state index in [4.69, 9.17) is 0 Å². The van der Waals surface area contributed by atoms with Crippen molar-refractivity contribution in [3.05, 3.63) is 239 Å². The van der Waals surface area contributed by atoms with Gasteiger partial charge in [0, 0.05) is 33.8 Å². The molecule has 0 heterocycles. The highest BCUT2D eigenvalue weighted by Crippen LogP contribution is 2.51. The lowest BCUT2D eigenvalue weighted by Crippen LogP contribution is -2.23. The lowest BCUT2D eigenvalue weighted by molar-refractivity contribution is 0.658. The zero-order valence-corrected chi connectivity index (χ0v) is 35.6. The van der Waals surface area contributed by atoms with Crippen LogP contribution in [-0.2, 0) is 10.8 Å². The summed E-state index contributed by atoms with van der Waals surface area (Å²) in [5.74, 6) is 0.332. The molecule has 7 aromatic carbocycles. The molecule has 0 saturated carbocycles. The van der Waals surface area contributed by atoms with E-state index in [2.05, 4.69) is 227 Å². The average molecular weight is 786 g/mol. The lowest BCUT2D eigenvalue weighted by atomic mass is 9.80. The molecule has 4 aliphatic rings. The fraction of sp³-hybridized carbons (Fsp3) is 0.167. The zero-order valence-electron chi connectivity index (χ0n) is 35.6. The molecule has 4 aliphatic carbocycles. The van der Waals surface area contributed by atoms with E-state index in [1.807, 2.05) is 0 Å². The monoisotopic (exact) mass is 785 g/mol. The smallest absolute Gasteiger partial charge is 0.0458 e. The van der Waals surface area contributed by atoms with Gasteiger partial charge in [-0.1, -0.05) is 192 Å². The van der Waals surface area contributed by atoms with Gasteiger partial charge in [-0.25, -0.2) is 0 Å². The molecule has 0 amide bonds. The van der Waals surface area contributed by atoms with Crippen molar-refractivity contribution < 1.29 is 0 Å². The van der Waals surface area contributed by atoms with Gasteiger partial charge in [0.2, 0.25) is 0 Å². The van der Waals surface area contributed by atoms with E-state index < -0.39 is 0 Å². The Hall–Kier alpha value is -6.70. The first-order valence-electron chi connectivity index (χ1n) is 22.1. The second-order valence-electron chi connectivity index (χ2n) is 18.4. The molecule has 0 bridgehead atoms. The van der Waals surface area contributed by atoms with Crippen molar-refractivity contribution in [3.8, 4) is 44.5 Å². The van der Waals surface area contributed by atoms with Gasteiger partial charge in [-0.3, -0.25) is 0 Å². The molecule has 61 heavy (non-hydrogen) atoms. The fourth-order valence-electron chi connectivity index (χ4n) is 10.7. The quantitative estimate of drug-likeness (QED) is 0.156. The van der Waals surface area contributed by atoms with Gasteiger partial charge in [0.1, 0.15) is 0 Å². The highest BCUT2D eigenvalue weighted by Gasteiger charge is 2.37. The van der Waals surface area contributed by atoms with Crippen LogP contribution in [0.3, 0.4) is 0 Å². The van der Waals surface area contributed by atoms with E-state index in [9.17, 15) is 0 Å². The third-order valence-corrected chi connectivity index (χ3v) is 14.2. The number of hydrogen-bond acceptors (Lipinski definition) is 1. The number of hydrogen-bond donors (Lipinski definition) is 0. The van der Waals surface area contributed by atoms with Crippen LogP contribution in [0.1, 0.15) is 86.3 Å². The molecule has 0 aromatic heterocycles. The Morgan fingerprint density at radius 3 is 1.64 bits per heavy atom. The zero-order chi connectivity index (χ0) is 41.3. The first-order valence-corrected chi connectivity index (χ1v) is 22.1. The number of rotatable bonds is 7. The van der Waals surface area contributed by atoms with Crippen LogP contribution in [0, 0.1) is 0 Å². The molecular weight excluding hydrogens is 735 g/mol. The van der Waals surface area contributed by atoms with E-state index in [1.165, 1.54) is 101 Å². The van der Waals surface area contributed by atoms with Crippen LogP contribution >= 0.6 is 0 Å². The van der Waals surface area contributed by atoms with Crippen LogP contribution in [0.2, 0.25) is 0 Å². The van der Waals surface area contributed by atoms with Crippen molar-refractivity contribution in [3.63, 3.8) is 0 Å². The Bertz CT molecular complexity index is 2970. The Labute approximate surface area is 361 Å². The summed E-state index contributed by atoms with van der Waals surface area (Å²) in [6.07, 6.45) is 14.9. The minimum Gasteiger partial charge on any atom is -0.315 e. The molecular formula is C60H51N. The predicted octanol–water partition coefficient (Wildman–Crippen LogP) is 15.8. The minimum atomic E-state index is -0.0267. The molecule has 7 aromatic rings. The third kappa shape index (κ3) is 6.29. The van der Waals surface area contributed by atoms with Gasteiger partial charge >= 0.3 is 0 Å². The summed E-state index contributed by atoms with van der Waals surface area (Å²) in [4.78, 5) is 2.51. The van der Waals surface area contributed by atoms with Crippen LogP contribution in [-0.4, -0.2) is 0 Å². The van der Waals surface area contributed by atoms with Crippen LogP contribution in [0.4, 0.5) is 5.69 Å². The van der Waals surface area contributed by atoms with Gasteiger partial charge in [0.15, 0.2) is 0 Å². The summed E-state index contributed by atoms with van der Waals surface area (Å²) >= 11 is 0. The normalized spacial score (nSPS) is 17.6. The number of allylic oxidation sites excluding steroid dienone is 7. The van der Waals surface area contributed by atoms with Gasteiger partial charge < -0.3 is 4.90 Å². The van der Waals surface area contributed by atoms with Crippen LogP contribution in [0.5, 0.6) is 0 Å². The van der Waals surface area contributed by atoms with E-state index >= 15 is 0 Å². The second kappa shape index (κ2) is 14.5. The van der Waals surface area contributed by atoms with Crippen LogP contribution < -0.4 is 4.90 Å². The molecule has 1 heteroatoms. The molecule has 0 aliphatic heterocycles. The molecule has 11 rings (SSSR count). The number of nitrogens with zero attached hydrogens (tertiary/aromatic N) is 1. The summed E-state index contributed by atoms with van der Waals surface area (Å²) in [5, 5.41) is 0. The summed E-state index contributed by atoms with van der Waals surface area (Å²) in [5.41, 5.74) is 24.0. The molecule has 1 unspecified atom stereocenters. The first-order chi connectivity index (χ1) is 29.7. The number of fused-ring (bicyclic) bond motifs is 6. The lowest BCUT2D eigenvalue weighted by Gasteiger charge is -2.33. The first kappa shape index (κ1) is 37.3. The minimum absolute atomic E-state index is 0.00492. The maximum absolute atomic E-state index is 2.51. The van der Waals surface area contributed by atoms with Crippen molar-refractivity contribution in [1.29, 1.82) is 0 Å². The molecule has 1 atom stereocenters. The molecule has 0 saturated heterocycles. The maximum Gasteiger partial charge on any atom is 0.0458 e. The van der Waals surface area contributed by atoms with E-state index in [-0.39, 0.29) is 10.8 Å². The third-order valence-electron chi connectivity index (χ3n) is 14.2. The Balaban J connectivity index is 0.907. The van der Waals surface area contributed by atoms with Crippen molar-refractivity contribution in [2.45, 2.75) is 63.7 Å². The summed E-state index contributed by atoms with van der Waals surface area (Å²) in [6.45, 7) is 9.47. The Kier molecular flexibility index (Phi) is 8.86. The van der Waals surface area contributed by atoms with E-state index in [0.717, 1.165) is 19.3 Å². The van der Waals surface area contributed by atoms with Gasteiger partial charge in [-0.15, -0.1) is 0 Å². The SMILES string of the molecule is CC1(C)c2ccccc2-c2ccc(-c3ccc(N(C4=CCC(c5ccc6c(c5)C(C)(C)c5ccccc5-6)C=C4)C4=CC=C(c5ccc(-c6ccccc6)cc5)CC4)cc3)cc21. The number of anilines is 1. The van der Waals surface area contributed by atoms with Gasteiger partial charge in [-0.05, 0) is 133 Å². The summed E-state index contributed by atoms with van der Waals surface area (Å²) in [7, 11) is 0. The molecule has 0 spiro atoms. The second-order valence-corrected chi connectivity index (χ2v) is 18.4. The Morgan fingerprint density at radius 1 is 0.459 bits per heavy atom. The largest absolute Gasteiger partial charge is 0.315 e. The topological polar surface area (TPSA) is 3.24 Å². The van der Waals surface area contributed by atoms with Gasteiger partial charge in [0.05, 0.1) is 0 Å². The van der Waals surface area contributed by atoms with E-state index in [1.54, 1.807) is 0 Å². The van der Waals surface area contributed by atoms with Crippen molar-refractivity contribution in [2.75, 3.05) is 4.90 Å². The maximum atomic E-state index is 2.51. The summed E-state index contributed by atoms with van der Waals surface area (Å²) < 4.78 is 0. The van der Waals surface area contributed by atoms with Gasteiger partial charge in [-0.2, -0.15) is 0 Å². The van der Waals surface area contributed by atoms with Crippen molar-refractivity contribution >= 4 is 11.3 Å². The molecule has 0 N–H and O–H groups in total. The van der Waals surface area contributed by atoms with Crippen LogP contribution in [0.25, 0.3) is 50.1 Å².